The van der Waals surface area contributed by atoms with Crippen molar-refractivity contribution in [2.24, 2.45) is 0 Å². The van der Waals surface area contributed by atoms with Gasteiger partial charge in [-0.2, -0.15) is 25.3 Å². The van der Waals surface area contributed by atoms with Gasteiger partial charge in [-0.15, -0.1) is 0 Å². The summed E-state index contributed by atoms with van der Waals surface area (Å²) in [5, 5.41) is 9.44. The summed E-state index contributed by atoms with van der Waals surface area (Å²) < 4.78 is -0.954. The minimum Gasteiger partial charge on any atom is -0.548 e. The summed E-state index contributed by atoms with van der Waals surface area (Å²) in [6, 6.07) is 0. The maximum absolute atomic E-state index is 9.44. The Morgan fingerprint density at radius 1 is 1.57 bits per heavy atom. The van der Waals surface area contributed by atoms with Gasteiger partial charge in [-0.1, -0.05) is 0 Å². The molecule has 0 aliphatic carbocycles. The summed E-state index contributed by atoms with van der Waals surface area (Å²) in [7, 11) is 0. The van der Waals surface area contributed by atoms with Gasteiger partial charge in [-0.25, -0.2) is 0 Å². The number of carbonyl (C=O) groups excluding carboxylic acids is 1. The maximum atomic E-state index is 9.44. The summed E-state index contributed by atoms with van der Waals surface area (Å²) >= 11 is 6.79. The van der Waals surface area contributed by atoms with Crippen LogP contribution in [-0.4, -0.2) is 10.6 Å². The van der Waals surface area contributed by atoms with Crippen molar-refractivity contribution in [2.75, 3.05) is 0 Å². The number of aliphatic carboxylic acids is 1. The van der Waals surface area contributed by atoms with Crippen molar-refractivity contribution >= 4 is 31.2 Å². The molecule has 0 amide bonds. The van der Waals surface area contributed by atoms with Crippen LogP contribution >= 0.6 is 25.3 Å². The average molecular weight is 162 g/mol. The molecular formula is C2H3KO2S2. The third kappa shape index (κ3) is 7.81. The van der Waals surface area contributed by atoms with Gasteiger partial charge in [0.1, 0.15) is 0 Å². The van der Waals surface area contributed by atoms with E-state index in [1.165, 1.54) is 0 Å². The molecule has 0 aliphatic rings. The van der Waals surface area contributed by atoms with E-state index in [0.29, 0.717) is 0 Å². The standard InChI is InChI=1S/C2H4O2S2.K/c3-1(4)2(5)6;/h2,5-6H,(H,3,4);/q;+1/p-1. The van der Waals surface area contributed by atoms with Crippen LogP contribution in [0.15, 0.2) is 0 Å². The molecule has 0 N–H and O–H groups in total. The van der Waals surface area contributed by atoms with E-state index >= 15 is 0 Å². The van der Waals surface area contributed by atoms with Gasteiger partial charge < -0.3 is 9.90 Å². The molecule has 0 aliphatic heterocycles. The van der Waals surface area contributed by atoms with E-state index in [-0.39, 0.29) is 51.4 Å². The van der Waals surface area contributed by atoms with Crippen molar-refractivity contribution in [2.45, 2.75) is 4.58 Å². The van der Waals surface area contributed by atoms with E-state index in [1.54, 1.807) is 0 Å². The van der Waals surface area contributed by atoms with Crippen molar-refractivity contribution in [3.63, 3.8) is 0 Å². The predicted molar refractivity (Wildman–Crippen MR) is 26.8 cm³/mol. The van der Waals surface area contributed by atoms with Crippen LogP contribution < -0.4 is 56.5 Å². The molecule has 0 unspecified atom stereocenters. The average Bonchev–Trinajstić information content (AvgIpc) is 1.36. The molecule has 0 atom stereocenters. The largest absolute Gasteiger partial charge is 1.00 e. The van der Waals surface area contributed by atoms with E-state index in [1.807, 2.05) is 0 Å². The fraction of sp³-hybridized carbons (Fsp3) is 0.500. The third-order valence-electron chi connectivity index (χ3n) is 0.211. The van der Waals surface area contributed by atoms with Crippen molar-refractivity contribution in [3.8, 4) is 0 Å². The zero-order valence-electron chi connectivity index (χ0n) is 3.79. The Bertz CT molecular complexity index is 64.7. The Morgan fingerprint density at radius 2 is 1.71 bits per heavy atom. The molecule has 0 aromatic carbocycles. The summed E-state index contributed by atoms with van der Waals surface area (Å²) in [6.07, 6.45) is 0. The second-order valence-corrected chi connectivity index (χ2v) is 2.13. The van der Waals surface area contributed by atoms with Crippen LogP contribution in [0.5, 0.6) is 0 Å². The Labute approximate surface area is 95.3 Å². The minimum absolute atomic E-state index is 0. The Balaban J connectivity index is 0. The number of carboxylic acid groups (broad SMARTS) is 1. The Kier molecular flexibility index (Phi) is 9.82. The minimum atomic E-state index is -1.26. The van der Waals surface area contributed by atoms with Crippen LogP contribution in [0, 0.1) is 0 Å². The smallest absolute Gasteiger partial charge is 0.548 e. The number of carbonyl (C=O) groups is 1. The predicted octanol–water partition coefficient (Wildman–Crippen LogP) is -4.07. The summed E-state index contributed by atoms with van der Waals surface area (Å²) in [5.41, 5.74) is 0. The van der Waals surface area contributed by atoms with Gasteiger partial charge in [-0.05, 0) is 0 Å². The van der Waals surface area contributed by atoms with E-state index in [9.17, 15) is 9.90 Å². The van der Waals surface area contributed by atoms with Gasteiger partial charge in [0.25, 0.3) is 0 Å². The van der Waals surface area contributed by atoms with Gasteiger partial charge in [0.2, 0.25) is 0 Å². The second kappa shape index (κ2) is 5.93. The molecule has 0 spiro atoms. The van der Waals surface area contributed by atoms with Gasteiger partial charge in [0, 0.05) is 0 Å². The molecular weight excluding hydrogens is 159 g/mol. The molecule has 0 aromatic heterocycles. The van der Waals surface area contributed by atoms with Gasteiger partial charge in [0.05, 0.1) is 10.6 Å². The van der Waals surface area contributed by atoms with Crippen LogP contribution in [0.1, 0.15) is 0 Å². The first kappa shape index (κ1) is 11.6. The van der Waals surface area contributed by atoms with E-state index < -0.39 is 10.6 Å². The monoisotopic (exact) mass is 162 g/mol. The van der Waals surface area contributed by atoms with Crippen molar-refractivity contribution in [1.29, 1.82) is 0 Å². The van der Waals surface area contributed by atoms with Crippen LogP contribution in [0.25, 0.3) is 0 Å². The van der Waals surface area contributed by atoms with Crippen molar-refractivity contribution in [3.05, 3.63) is 0 Å². The molecule has 2 nitrogen and oxygen atoms in total. The van der Waals surface area contributed by atoms with E-state index in [2.05, 4.69) is 25.3 Å². The summed E-state index contributed by atoms with van der Waals surface area (Å²) in [5.74, 6) is -1.26. The zero-order chi connectivity index (χ0) is 5.15. The van der Waals surface area contributed by atoms with Crippen LogP contribution in [0.3, 0.4) is 0 Å². The van der Waals surface area contributed by atoms with Gasteiger partial charge >= 0.3 is 51.4 Å². The molecule has 0 radical (unpaired) electrons. The molecule has 0 fully saturated rings. The summed E-state index contributed by atoms with van der Waals surface area (Å²) in [4.78, 5) is 9.44. The van der Waals surface area contributed by atoms with Crippen LogP contribution in [0.2, 0.25) is 0 Å². The topological polar surface area (TPSA) is 40.1 Å². The quantitative estimate of drug-likeness (QED) is 0.234. The van der Waals surface area contributed by atoms with Crippen LogP contribution in [-0.2, 0) is 4.79 Å². The molecule has 0 aromatic rings. The first-order valence-corrected chi connectivity index (χ1v) is 2.25. The fourth-order valence-electron chi connectivity index (χ4n) is 0. The SMILES string of the molecule is O=C([O-])C(S)S.[K+]. The first-order valence-electron chi connectivity index (χ1n) is 1.21. The van der Waals surface area contributed by atoms with Gasteiger partial charge in [0.15, 0.2) is 0 Å². The molecule has 0 heterocycles. The van der Waals surface area contributed by atoms with Gasteiger partial charge in [-0.3, -0.25) is 0 Å². The number of rotatable bonds is 1. The third-order valence-corrected chi connectivity index (χ3v) is 0.632. The molecule has 7 heavy (non-hydrogen) atoms. The number of hydrogen-bond acceptors (Lipinski definition) is 4. The normalized spacial score (nSPS) is 7.86. The second-order valence-electron chi connectivity index (χ2n) is 0.693. The van der Waals surface area contributed by atoms with E-state index in [0.717, 1.165) is 0 Å². The fourth-order valence-corrected chi connectivity index (χ4v) is 0. The van der Waals surface area contributed by atoms with Crippen molar-refractivity contribution < 1.29 is 61.3 Å². The molecule has 36 valence electrons. The van der Waals surface area contributed by atoms with E-state index in [4.69, 9.17) is 0 Å². The Hall–Kier alpha value is 1.81. The van der Waals surface area contributed by atoms with Crippen molar-refractivity contribution in [1.82, 2.24) is 0 Å². The Morgan fingerprint density at radius 3 is 1.71 bits per heavy atom. The molecule has 0 rings (SSSR count). The molecule has 0 saturated carbocycles. The maximum Gasteiger partial charge on any atom is 1.00 e. The molecule has 5 heteroatoms. The zero-order valence-corrected chi connectivity index (χ0v) is 8.70. The number of hydrogen-bond donors (Lipinski definition) is 2. The number of thiol groups is 2. The first-order chi connectivity index (χ1) is 2.64. The molecule has 0 bridgehead atoms. The van der Waals surface area contributed by atoms with Crippen LogP contribution in [0.4, 0.5) is 0 Å². The number of carboxylic acids is 1. The molecule has 0 saturated heterocycles. The summed E-state index contributed by atoms with van der Waals surface area (Å²) in [6.45, 7) is 0.